The van der Waals surface area contributed by atoms with Gasteiger partial charge in [0, 0.05) is 22.6 Å². The lowest BCUT2D eigenvalue weighted by Crippen LogP contribution is -3.09. The van der Waals surface area contributed by atoms with Gasteiger partial charge in [-0.1, -0.05) is 54.1 Å². The highest BCUT2D eigenvalue weighted by molar-refractivity contribution is 6.30. The van der Waals surface area contributed by atoms with Gasteiger partial charge in [-0.3, -0.25) is 4.79 Å². The quantitative estimate of drug-likeness (QED) is 0.664. The van der Waals surface area contributed by atoms with Crippen molar-refractivity contribution in [2.75, 3.05) is 19.6 Å². The highest BCUT2D eigenvalue weighted by Crippen LogP contribution is 2.13. The molecule has 3 rings (SSSR count). The number of carbonyl (C=O) groups excluding carboxylic acids is 1. The minimum Gasteiger partial charge on any atom is -0.343 e. The van der Waals surface area contributed by atoms with Crippen LogP contribution >= 0.6 is 11.6 Å². The van der Waals surface area contributed by atoms with Gasteiger partial charge in [-0.15, -0.1) is 0 Å². The number of benzene rings is 2. The van der Waals surface area contributed by atoms with Crippen molar-refractivity contribution < 1.29 is 15.0 Å². The Kier molecular flexibility index (Phi) is 6.67. The van der Waals surface area contributed by atoms with Crippen molar-refractivity contribution in [1.29, 1.82) is 0 Å². The Hall–Kier alpha value is -1.88. The van der Waals surface area contributed by atoms with Gasteiger partial charge in [0.15, 0.2) is 6.54 Å². The number of amides is 1. The highest BCUT2D eigenvalue weighted by Gasteiger charge is 2.27. The van der Waals surface area contributed by atoms with Crippen molar-refractivity contribution >= 4 is 17.5 Å². The molecule has 0 aliphatic carbocycles. The summed E-state index contributed by atoms with van der Waals surface area (Å²) in [5.74, 6) is 0.122. The number of nitrogens with two attached hydrogens (primary N) is 1. The zero-order valence-corrected chi connectivity index (χ0v) is 16.0. The van der Waals surface area contributed by atoms with E-state index in [1.807, 2.05) is 30.3 Å². The summed E-state index contributed by atoms with van der Waals surface area (Å²) in [6, 6.07) is 18.9. The minimum atomic E-state index is 0.122. The summed E-state index contributed by atoms with van der Waals surface area (Å²) in [5, 5.41) is 6.01. The molecule has 1 saturated heterocycles. The Morgan fingerprint density at radius 2 is 1.96 bits per heavy atom. The second-order valence-corrected chi connectivity index (χ2v) is 7.64. The fraction of sp³-hybridized carbons (Fsp3) is 0.381. The molecular formula is C21H28ClN3O+2. The Bertz CT molecular complexity index is 705. The summed E-state index contributed by atoms with van der Waals surface area (Å²) in [4.78, 5) is 13.8. The van der Waals surface area contributed by atoms with Gasteiger partial charge in [-0.2, -0.15) is 0 Å². The summed E-state index contributed by atoms with van der Waals surface area (Å²) >= 11 is 5.93. The molecule has 0 saturated carbocycles. The van der Waals surface area contributed by atoms with Crippen molar-refractivity contribution in [3.63, 3.8) is 0 Å². The van der Waals surface area contributed by atoms with E-state index in [0.29, 0.717) is 12.6 Å². The topological polar surface area (TPSA) is 50.1 Å². The van der Waals surface area contributed by atoms with Crippen LogP contribution in [0.5, 0.6) is 0 Å². The van der Waals surface area contributed by atoms with Crippen LogP contribution < -0.4 is 15.5 Å². The third-order valence-electron chi connectivity index (χ3n) is 5.10. The molecule has 1 aliphatic heterocycles. The Balaban J connectivity index is 1.39. The first-order valence-electron chi connectivity index (χ1n) is 9.36. The predicted octanol–water partition coefficient (Wildman–Crippen LogP) is 0.938. The van der Waals surface area contributed by atoms with Crippen molar-refractivity contribution in [3.05, 3.63) is 70.7 Å². The molecule has 26 heavy (non-hydrogen) atoms. The maximum absolute atomic E-state index is 12.3. The van der Waals surface area contributed by atoms with Gasteiger partial charge in [-0.25, -0.2) is 0 Å². The van der Waals surface area contributed by atoms with E-state index in [0.717, 1.165) is 31.1 Å². The number of quaternary nitrogens is 2. The van der Waals surface area contributed by atoms with Gasteiger partial charge in [0.1, 0.15) is 12.6 Å². The summed E-state index contributed by atoms with van der Waals surface area (Å²) in [6.07, 6.45) is 1.06. The van der Waals surface area contributed by atoms with Crippen molar-refractivity contribution in [2.45, 2.75) is 32.0 Å². The van der Waals surface area contributed by atoms with Crippen LogP contribution in [-0.4, -0.2) is 31.6 Å². The van der Waals surface area contributed by atoms with Crippen LogP contribution in [-0.2, 0) is 11.3 Å². The van der Waals surface area contributed by atoms with Crippen LogP contribution in [0.4, 0.5) is 0 Å². The molecule has 138 valence electrons. The van der Waals surface area contributed by atoms with E-state index in [-0.39, 0.29) is 11.9 Å². The van der Waals surface area contributed by atoms with Crippen molar-refractivity contribution in [1.82, 2.24) is 5.32 Å². The van der Waals surface area contributed by atoms with E-state index in [9.17, 15) is 4.79 Å². The number of rotatable bonds is 7. The van der Waals surface area contributed by atoms with Gasteiger partial charge in [0.25, 0.3) is 5.91 Å². The number of likely N-dealkylation sites (tertiary alicyclic amines) is 1. The molecule has 3 atom stereocenters. The van der Waals surface area contributed by atoms with E-state index in [1.165, 1.54) is 11.1 Å². The minimum absolute atomic E-state index is 0.122. The molecular weight excluding hydrogens is 346 g/mol. The first kappa shape index (κ1) is 18.9. The molecule has 1 aliphatic rings. The molecule has 0 spiro atoms. The fourth-order valence-electron chi connectivity index (χ4n) is 3.57. The molecule has 0 radical (unpaired) electrons. The first-order valence-corrected chi connectivity index (χ1v) is 9.73. The van der Waals surface area contributed by atoms with E-state index < -0.39 is 0 Å². The van der Waals surface area contributed by atoms with E-state index >= 15 is 0 Å². The Labute approximate surface area is 160 Å². The van der Waals surface area contributed by atoms with Gasteiger partial charge in [-0.05, 0) is 19.1 Å². The molecule has 4 N–H and O–H groups in total. The van der Waals surface area contributed by atoms with E-state index in [1.54, 1.807) is 4.90 Å². The normalized spacial score (nSPS) is 20.7. The van der Waals surface area contributed by atoms with Crippen molar-refractivity contribution in [3.8, 4) is 0 Å². The maximum atomic E-state index is 12.3. The van der Waals surface area contributed by atoms with E-state index in [2.05, 4.69) is 41.8 Å². The number of nitrogens with one attached hydrogen (secondary N) is 2. The lowest BCUT2D eigenvalue weighted by atomic mass is 10.1. The zero-order valence-electron chi connectivity index (χ0n) is 15.2. The second kappa shape index (κ2) is 9.17. The lowest BCUT2D eigenvalue weighted by molar-refractivity contribution is -0.901. The largest absolute Gasteiger partial charge is 0.343 e. The number of carbonyl (C=O) groups is 1. The van der Waals surface area contributed by atoms with Crippen molar-refractivity contribution in [2.24, 2.45) is 0 Å². The van der Waals surface area contributed by atoms with Crippen LogP contribution in [0.15, 0.2) is 54.6 Å². The first-order chi connectivity index (χ1) is 12.6. The summed E-state index contributed by atoms with van der Waals surface area (Å²) in [7, 11) is 0. The van der Waals surface area contributed by atoms with Crippen LogP contribution in [0.3, 0.4) is 0 Å². The van der Waals surface area contributed by atoms with Gasteiger partial charge < -0.3 is 15.5 Å². The van der Waals surface area contributed by atoms with Gasteiger partial charge in [0.05, 0.1) is 19.1 Å². The third kappa shape index (κ3) is 5.56. The van der Waals surface area contributed by atoms with Gasteiger partial charge in [0.2, 0.25) is 0 Å². The lowest BCUT2D eigenvalue weighted by Gasteiger charge is -2.15. The molecule has 5 heteroatoms. The molecule has 2 aromatic carbocycles. The molecule has 2 aromatic rings. The molecule has 0 aromatic heterocycles. The fourth-order valence-corrected chi connectivity index (χ4v) is 3.70. The monoisotopic (exact) mass is 373 g/mol. The zero-order chi connectivity index (χ0) is 18.4. The van der Waals surface area contributed by atoms with Crippen LogP contribution in [0.1, 0.15) is 30.5 Å². The number of halogens is 1. The molecule has 1 fully saturated rings. The standard InChI is InChI=1S/C21H26ClN3O/c1-16(18-7-9-19(22)10-8-18)23-13-21(26)24-20-11-12-25(15-20)14-17-5-3-2-4-6-17/h2-10,16,20,23H,11-15H2,1H3,(H,24,26)/p+2/t16-,20-/m1/s1. The smallest absolute Gasteiger partial charge is 0.275 e. The average Bonchev–Trinajstić information content (AvgIpc) is 3.08. The Morgan fingerprint density at radius 1 is 1.23 bits per heavy atom. The molecule has 4 nitrogen and oxygen atoms in total. The molecule has 1 amide bonds. The predicted molar refractivity (Wildman–Crippen MR) is 104 cm³/mol. The van der Waals surface area contributed by atoms with Crippen LogP contribution in [0.25, 0.3) is 0 Å². The van der Waals surface area contributed by atoms with Crippen LogP contribution in [0.2, 0.25) is 5.02 Å². The number of hydrogen-bond acceptors (Lipinski definition) is 1. The summed E-state index contributed by atoms with van der Waals surface area (Å²) in [6.45, 7) is 5.72. The maximum Gasteiger partial charge on any atom is 0.275 e. The SMILES string of the molecule is C[C@@H]([NH2+]CC(=O)N[C@@H]1CC[NH+](Cc2ccccc2)C1)c1ccc(Cl)cc1. The summed E-state index contributed by atoms with van der Waals surface area (Å²) < 4.78 is 0. The van der Waals surface area contributed by atoms with E-state index in [4.69, 9.17) is 11.6 Å². The van der Waals surface area contributed by atoms with Gasteiger partial charge >= 0.3 is 0 Å². The third-order valence-corrected chi connectivity index (χ3v) is 5.35. The number of hydrogen-bond donors (Lipinski definition) is 3. The average molecular weight is 374 g/mol. The Morgan fingerprint density at radius 3 is 2.69 bits per heavy atom. The summed E-state index contributed by atoms with van der Waals surface area (Å²) in [5.41, 5.74) is 2.54. The van der Waals surface area contributed by atoms with Crippen LogP contribution in [0, 0.1) is 0 Å². The highest BCUT2D eigenvalue weighted by atomic mass is 35.5. The molecule has 0 bridgehead atoms. The molecule has 1 heterocycles. The second-order valence-electron chi connectivity index (χ2n) is 7.20. The molecule has 1 unspecified atom stereocenters.